The molecule has 0 bridgehead atoms. The van der Waals surface area contributed by atoms with Gasteiger partial charge in [0.15, 0.2) is 0 Å². The summed E-state index contributed by atoms with van der Waals surface area (Å²) >= 11 is 1.05. The molecule has 1 heterocycles. The summed E-state index contributed by atoms with van der Waals surface area (Å²) in [4.78, 5) is 18.3. The Bertz CT molecular complexity index is 260. The molecule has 0 amide bonds. The molecule has 0 saturated heterocycles. The van der Waals surface area contributed by atoms with Crippen LogP contribution in [0.4, 0.5) is 0 Å². The van der Waals surface area contributed by atoms with E-state index in [1.165, 1.54) is 0 Å². The molecule has 0 aromatic carbocycles. The van der Waals surface area contributed by atoms with Crippen molar-refractivity contribution >= 4 is 17.3 Å². The van der Waals surface area contributed by atoms with Gasteiger partial charge in [-0.2, -0.15) is 0 Å². The van der Waals surface area contributed by atoms with Crippen LogP contribution in [0.5, 0.6) is 0 Å². The summed E-state index contributed by atoms with van der Waals surface area (Å²) in [6.07, 6.45) is 0. The van der Waals surface area contributed by atoms with Gasteiger partial charge in [0.2, 0.25) is 5.01 Å². The van der Waals surface area contributed by atoms with Crippen LogP contribution in [0.25, 0.3) is 0 Å². The molecule has 6 heteroatoms. The lowest BCUT2D eigenvalue weighted by Gasteiger charge is -1.88. The fraction of sp³-hybridized carbons (Fsp3) is 0.200. The van der Waals surface area contributed by atoms with Crippen molar-refractivity contribution in [2.75, 3.05) is 0 Å². The Balaban J connectivity index is 2.73. The Kier molecular flexibility index (Phi) is 2.53. The van der Waals surface area contributed by atoms with E-state index in [0.29, 0.717) is 5.69 Å². The highest BCUT2D eigenvalue weighted by Crippen LogP contribution is 2.09. The zero-order valence-electron chi connectivity index (χ0n) is 5.48. The lowest BCUT2D eigenvalue weighted by Crippen LogP contribution is -2.00. The highest BCUT2D eigenvalue weighted by atomic mass is 32.1. The van der Waals surface area contributed by atoms with Gasteiger partial charge in [0.25, 0.3) is 0 Å². The molecule has 3 N–H and O–H groups in total. The lowest BCUT2D eigenvalue weighted by molar-refractivity contribution is 0.0695. The average molecular weight is 174 g/mol. The molecule has 0 aliphatic rings. The second-order valence-corrected chi connectivity index (χ2v) is 2.62. The first kappa shape index (κ1) is 8.12. The number of hydrogen-bond donors (Lipinski definition) is 2. The summed E-state index contributed by atoms with van der Waals surface area (Å²) in [6, 6.07) is 0. The van der Waals surface area contributed by atoms with E-state index >= 15 is 0 Å². The molecule has 1 aromatic heterocycles. The van der Waals surface area contributed by atoms with Gasteiger partial charge < -0.3 is 5.11 Å². The molecule has 11 heavy (non-hydrogen) atoms. The van der Waals surface area contributed by atoms with E-state index in [0.717, 1.165) is 11.3 Å². The maximum absolute atomic E-state index is 10.3. The van der Waals surface area contributed by atoms with Crippen molar-refractivity contribution in [3.8, 4) is 0 Å². The number of aromatic carboxylic acids is 1. The maximum atomic E-state index is 10.3. The van der Waals surface area contributed by atoms with Gasteiger partial charge in [0, 0.05) is 5.38 Å². The number of hydrogen-bond acceptors (Lipinski definition) is 5. The molecule has 0 saturated carbocycles. The van der Waals surface area contributed by atoms with E-state index in [2.05, 4.69) is 9.82 Å². The molecule has 0 spiro atoms. The molecule has 1 rings (SSSR count). The molecular formula is C5H6N2O3S. The third-order valence-corrected chi connectivity index (χ3v) is 1.85. The van der Waals surface area contributed by atoms with E-state index in [1.807, 2.05) is 0 Å². The quantitative estimate of drug-likeness (QED) is 0.641. The molecule has 0 aliphatic heterocycles. The van der Waals surface area contributed by atoms with Gasteiger partial charge in [-0.1, -0.05) is 0 Å². The van der Waals surface area contributed by atoms with Crippen molar-refractivity contribution in [2.45, 2.75) is 6.61 Å². The summed E-state index contributed by atoms with van der Waals surface area (Å²) in [5.41, 5.74) is 0.537. The smallest absolute Gasteiger partial charge is 0.365 e. The van der Waals surface area contributed by atoms with Gasteiger partial charge >= 0.3 is 5.97 Å². The predicted molar refractivity (Wildman–Crippen MR) is 38.0 cm³/mol. The molecule has 0 unspecified atom stereocenters. The minimum Gasteiger partial charge on any atom is -0.476 e. The first-order valence-electron chi connectivity index (χ1n) is 2.73. The minimum absolute atomic E-state index is 0.0528. The van der Waals surface area contributed by atoms with Crippen LogP contribution >= 0.6 is 11.3 Å². The van der Waals surface area contributed by atoms with Gasteiger partial charge in [-0.25, -0.2) is 15.7 Å². The molecule has 0 fully saturated rings. The van der Waals surface area contributed by atoms with Crippen molar-refractivity contribution < 1.29 is 14.7 Å². The van der Waals surface area contributed by atoms with Gasteiger partial charge in [-0.15, -0.1) is 11.3 Å². The van der Waals surface area contributed by atoms with Crippen LogP contribution in [-0.2, 0) is 11.4 Å². The van der Waals surface area contributed by atoms with Crippen molar-refractivity contribution in [1.82, 2.24) is 4.98 Å². The third kappa shape index (κ3) is 1.97. The fourth-order valence-corrected chi connectivity index (χ4v) is 1.20. The Hall–Kier alpha value is -0.980. The number of rotatable bonds is 3. The predicted octanol–water partition coefficient (Wildman–Crippen LogP) is 0.232. The topological polar surface area (TPSA) is 85.4 Å². The van der Waals surface area contributed by atoms with Gasteiger partial charge in [-0.3, -0.25) is 4.84 Å². The second kappa shape index (κ2) is 3.42. The summed E-state index contributed by atoms with van der Waals surface area (Å²) in [6.45, 7) is 0.143. The lowest BCUT2D eigenvalue weighted by atomic mass is 10.5. The summed E-state index contributed by atoms with van der Waals surface area (Å²) < 4.78 is 0. The van der Waals surface area contributed by atoms with Crippen LogP contribution < -0.4 is 5.90 Å². The largest absolute Gasteiger partial charge is 0.476 e. The number of nitrogens with two attached hydrogens (primary N) is 1. The zero-order chi connectivity index (χ0) is 8.27. The second-order valence-electron chi connectivity index (χ2n) is 1.76. The summed E-state index contributed by atoms with van der Waals surface area (Å²) in [7, 11) is 0. The number of thiazole rings is 1. The van der Waals surface area contributed by atoms with Gasteiger partial charge in [0.05, 0.1) is 5.69 Å². The van der Waals surface area contributed by atoms with E-state index in [1.54, 1.807) is 5.38 Å². The maximum Gasteiger partial charge on any atom is 0.365 e. The van der Waals surface area contributed by atoms with Crippen molar-refractivity contribution in [1.29, 1.82) is 0 Å². The van der Waals surface area contributed by atoms with Crippen molar-refractivity contribution in [3.05, 3.63) is 16.1 Å². The van der Waals surface area contributed by atoms with E-state index < -0.39 is 5.97 Å². The molecule has 1 aromatic rings. The number of carbonyl (C=O) groups is 1. The summed E-state index contributed by atoms with van der Waals surface area (Å²) in [5, 5.41) is 10.1. The molecule has 0 radical (unpaired) electrons. The van der Waals surface area contributed by atoms with Gasteiger partial charge in [-0.05, 0) is 0 Å². The number of carboxylic acids is 1. The van der Waals surface area contributed by atoms with Crippen LogP contribution in [0, 0.1) is 0 Å². The SMILES string of the molecule is NOCc1csc(C(=O)O)n1. The molecule has 60 valence electrons. The highest BCUT2D eigenvalue weighted by molar-refractivity contribution is 7.11. The Morgan fingerprint density at radius 1 is 1.91 bits per heavy atom. The summed E-state index contributed by atoms with van der Waals surface area (Å²) in [5.74, 6) is 3.73. The Morgan fingerprint density at radius 2 is 2.64 bits per heavy atom. The van der Waals surface area contributed by atoms with Gasteiger partial charge in [0.1, 0.15) is 6.61 Å². The number of aromatic nitrogens is 1. The standard InChI is InChI=1S/C5H6N2O3S/c6-10-1-3-2-11-4(7-3)5(8)9/h2H,1,6H2,(H,8,9). The Morgan fingerprint density at radius 3 is 3.09 bits per heavy atom. The van der Waals surface area contributed by atoms with E-state index in [-0.39, 0.29) is 11.6 Å². The highest BCUT2D eigenvalue weighted by Gasteiger charge is 2.07. The van der Waals surface area contributed by atoms with Crippen LogP contribution in [0.15, 0.2) is 5.38 Å². The fourth-order valence-electron chi connectivity index (χ4n) is 0.557. The monoisotopic (exact) mass is 174 g/mol. The number of nitrogens with zero attached hydrogens (tertiary/aromatic N) is 1. The average Bonchev–Trinajstić information content (AvgIpc) is 2.37. The molecular weight excluding hydrogens is 168 g/mol. The zero-order valence-corrected chi connectivity index (χ0v) is 6.30. The van der Waals surface area contributed by atoms with Crippen molar-refractivity contribution in [3.63, 3.8) is 0 Å². The van der Waals surface area contributed by atoms with Crippen LogP contribution in [0.2, 0.25) is 0 Å². The number of carboxylic acid groups (broad SMARTS) is 1. The van der Waals surface area contributed by atoms with Crippen LogP contribution in [0.3, 0.4) is 0 Å². The van der Waals surface area contributed by atoms with E-state index in [4.69, 9.17) is 11.0 Å². The molecule has 0 aliphatic carbocycles. The van der Waals surface area contributed by atoms with Crippen LogP contribution in [-0.4, -0.2) is 16.1 Å². The molecule has 5 nitrogen and oxygen atoms in total. The van der Waals surface area contributed by atoms with Crippen molar-refractivity contribution in [2.24, 2.45) is 5.90 Å². The molecule has 0 atom stereocenters. The third-order valence-electron chi connectivity index (χ3n) is 0.966. The van der Waals surface area contributed by atoms with Crippen LogP contribution in [0.1, 0.15) is 15.5 Å². The Labute approximate surface area is 66.4 Å². The minimum atomic E-state index is -1.03. The first-order chi connectivity index (χ1) is 5.24. The van der Waals surface area contributed by atoms with E-state index in [9.17, 15) is 4.79 Å². The first-order valence-corrected chi connectivity index (χ1v) is 3.61. The normalized spacial score (nSPS) is 9.91.